The van der Waals surface area contributed by atoms with Crippen LogP contribution in [-0.4, -0.2) is 0 Å². The van der Waals surface area contributed by atoms with E-state index in [0.29, 0.717) is 0 Å². The molecule has 0 radical (unpaired) electrons. The fourth-order valence-corrected chi connectivity index (χ4v) is 0.723. The van der Waals surface area contributed by atoms with Crippen LogP contribution in [0.1, 0.15) is 27.7 Å². The molecule has 0 fully saturated rings. The number of hydrogen-bond acceptors (Lipinski definition) is 2. The topological polar surface area (TPSA) is 24.7 Å². The van der Waals surface area contributed by atoms with Gasteiger partial charge in [-0.2, -0.15) is 0 Å². The van der Waals surface area contributed by atoms with Crippen LogP contribution in [-0.2, 0) is 0 Å². The van der Waals surface area contributed by atoms with E-state index in [1.165, 1.54) is 0 Å². The minimum absolute atomic E-state index is 0.0229. The Balaban J connectivity index is 4.49. The highest BCUT2D eigenvalue weighted by atomic mass is 15.1. The summed E-state index contributed by atoms with van der Waals surface area (Å²) in [6.07, 6.45) is 6.85. The average Bonchev–Trinajstić information content (AvgIpc) is 1.87. The van der Waals surface area contributed by atoms with Crippen molar-refractivity contribution in [1.29, 1.82) is 0 Å². The summed E-state index contributed by atoms with van der Waals surface area (Å²) in [5.74, 6) is 0. The van der Waals surface area contributed by atoms with E-state index in [2.05, 4.69) is 37.0 Å². The SMILES string of the molecule is C#CN=N/C(=C\C)C(C)(C)C. The number of rotatable bonds is 1. The van der Waals surface area contributed by atoms with Gasteiger partial charge in [-0.1, -0.05) is 38.4 Å². The summed E-state index contributed by atoms with van der Waals surface area (Å²) in [6.45, 7) is 8.13. The lowest BCUT2D eigenvalue weighted by Crippen LogP contribution is -2.06. The van der Waals surface area contributed by atoms with Crippen molar-refractivity contribution in [2.24, 2.45) is 15.6 Å². The molecule has 0 unspecified atom stereocenters. The predicted octanol–water partition coefficient (Wildman–Crippen LogP) is 2.98. The van der Waals surface area contributed by atoms with Gasteiger partial charge in [-0.3, -0.25) is 0 Å². The van der Waals surface area contributed by atoms with Crippen LogP contribution in [0.2, 0.25) is 0 Å². The molecule has 2 heteroatoms. The minimum atomic E-state index is 0.0229. The zero-order chi connectivity index (χ0) is 8.91. The Bertz CT molecular complexity index is 211. The zero-order valence-electron chi connectivity index (χ0n) is 7.55. The molecule has 0 aromatic rings. The van der Waals surface area contributed by atoms with Crippen LogP contribution >= 0.6 is 0 Å². The van der Waals surface area contributed by atoms with Crippen molar-refractivity contribution in [3.63, 3.8) is 0 Å². The van der Waals surface area contributed by atoms with Gasteiger partial charge in [0, 0.05) is 5.41 Å². The summed E-state index contributed by atoms with van der Waals surface area (Å²) in [5.41, 5.74) is 0.935. The summed E-state index contributed by atoms with van der Waals surface area (Å²) < 4.78 is 0. The monoisotopic (exact) mass is 150 g/mol. The third-order valence-corrected chi connectivity index (χ3v) is 1.26. The molecule has 0 spiro atoms. The van der Waals surface area contributed by atoms with Crippen molar-refractivity contribution in [1.82, 2.24) is 0 Å². The Kier molecular flexibility index (Phi) is 3.53. The molecule has 0 aromatic carbocycles. The van der Waals surface area contributed by atoms with E-state index >= 15 is 0 Å². The average molecular weight is 150 g/mol. The maximum Gasteiger partial charge on any atom is 0.0649 e. The maximum absolute atomic E-state index is 4.94. The molecule has 0 amide bonds. The first-order valence-electron chi connectivity index (χ1n) is 3.55. The molecule has 0 bridgehead atoms. The van der Waals surface area contributed by atoms with Gasteiger partial charge in [-0.15, -0.1) is 5.11 Å². The Morgan fingerprint density at radius 2 is 2.00 bits per heavy atom. The summed E-state index contributed by atoms with van der Waals surface area (Å²) in [5, 5.41) is 7.38. The molecule has 2 nitrogen and oxygen atoms in total. The number of terminal acetylenes is 1. The Morgan fingerprint density at radius 3 is 2.27 bits per heavy atom. The molecule has 0 atom stereocenters. The second-order valence-corrected chi connectivity index (χ2v) is 3.25. The van der Waals surface area contributed by atoms with Crippen molar-refractivity contribution in [2.45, 2.75) is 27.7 Å². The first kappa shape index (κ1) is 9.90. The molecule has 0 saturated heterocycles. The van der Waals surface area contributed by atoms with Gasteiger partial charge in [0.1, 0.15) is 0 Å². The summed E-state index contributed by atoms with van der Waals surface area (Å²) in [7, 11) is 0. The van der Waals surface area contributed by atoms with Crippen LogP contribution in [0.25, 0.3) is 0 Å². The van der Waals surface area contributed by atoms with E-state index < -0.39 is 0 Å². The summed E-state index contributed by atoms with van der Waals surface area (Å²) >= 11 is 0. The van der Waals surface area contributed by atoms with Gasteiger partial charge in [0.25, 0.3) is 0 Å². The molecule has 0 aromatic heterocycles. The van der Waals surface area contributed by atoms with Gasteiger partial charge in [0.05, 0.1) is 11.7 Å². The van der Waals surface area contributed by atoms with Crippen LogP contribution in [0, 0.1) is 17.9 Å². The molecule has 0 N–H and O–H groups in total. The molecule has 0 aliphatic carbocycles. The lowest BCUT2D eigenvalue weighted by atomic mass is 9.92. The van der Waals surface area contributed by atoms with Gasteiger partial charge in [-0.25, -0.2) is 0 Å². The van der Waals surface area contributed by atoms with E-state index in [4.69, 9.17) is 6.42 Å². The first-order valence-corrected chi connectivity index (χ1v) is 3.55. The zero-order valence-corrected chi connectivity index (χ0v) is 7.55. The Morgan fingerprint density at radius 1 is 1.45 bits per heavy atom. The van der Waals surface area contributed by atoms with Crippen molar-refractivity contribution < 1.29 is 0 Å². The van der Waals surface area contributed by atoms with Crippen molar-refractivity contribution in [3.8, 4) is 12.5 Å². The van der Waals surface area contributed by atoms with Gasteiger partial charge in [0.2, 0.25) is 0 Å². The molecule has 11 heavy (non-hydrogen) atoms. The highest BCUT2D eigenvalue weighted by Gasteiger charge is 2.15. The third-order valence-electron chi connectivity index (χ3n) is 1.26. The van der Waals surface area contributed by atoms with E-state index in [1.54, 1.807) is 0 Å². The lowest BCUT2D eigenvalue weighted by molar-refractivity contribution is 0.492. The van der Waals surface area contributed by atoms with Crippen LogP contribution in [0.4, 0.5) is 0 Å². The fourth-order valence-electron chi connectivity index (χ4n) is 0.723. The van der Waals surface area contributed by atoms with Gasteiger partial charge in [0.15, 0.2) is 0 Å². The van der Waals surface area contributed by atoms with Crippen molar-refractivity contribution in [2.75, 3.05) is 0 Å². The van der Waals surface area contributed by atoms with Gasteiger partial charge in [-0.05, 0) is 6.92 Å². The molecule has 0 heterocycles. The molecule has 0 aliphatic rings. The number of nitrogens with zero attached hydrogens (tertiary/aromatic N) is 2. The molecular weight excluding hydrogens is 136 g/mol. The quantitative estimate of drug-likeness (QED) is 0.405. The van der Waals surface area contributed by atoms with Gasteiger partial charge < -0.3 is 0 Å². The summed E-state index contributed by atoms with van der Waals surface area (Å²) in [4.78, 5) is 0. The van der Waals surface area contributed by atoms with Crippen LogP contribution in [0.15, 0.2) is 22.0 Å². The van der Waals surface area contributed by atoms with E-state index in [-0.39, 0.29) is 5.41 Å². The fraction of sp³-hybridized carbons (Fsp3) is 0.556. The standard InChI is InChI=1S/C9H14N2/c1-6-8(9(3,4)5)11-10-7-2/h2,6H,1,3-5H3/b8-6-,11-10?. The highest BCUT2D eigenvalue weighted by molar-refractivity contribution is 5.07. The summed E-state index contributed by atoms with van der Waals surface area (Å²) in [6, 6.07) is 2.12. The lowest BCUT2D eigenvalue weighted by Gasteiger charge is -2.16. The van der Waals surface area contributed by atoms with E-state index in [9.17, 15) is 0 Å². The number of allylic oxidation sites excluding steroid dienone is 2. The van der Waals surface area contributed by atoms with Crippen LogP contribution in [0.5, 0.6) is 0 Å². The normalized spacial score (nSPS) is 13.5. The molecule has 60 valence electrons. The molecule has 0 saturated carbocycles. The Hall–Kier alpha value is -1.10. The van der Waals surface area contributed by atoms with E-state index in [1.807, 2.05) is 13.0 Å². The molecule has 0 rings (SSSR count). The van der Waals surface area contributed by atoms with Crippen LogP contribution in [0.3, 0.4) is 0 Å². The largest absolute Gasteiger partial charge is 0.146 e. The van der Waals surface area contributed by atoms with Crippen LogP contribution < -0.4 is 0 Å². The first-order chi connectivity index (χ1) is 5.02. The smallest absolute Gasteiger partial charge is 0.0649 e. The highest BCUT2D eigenvalue weighted by Crippen LogP contribution is 2.25. The van der Waals surface area contributed by atoms with Crippen molar-refractivity contribution in [3.05, 3.63) is 11.8 Å². The van der Waals surface area contributed by atoms with Crippen molar-refractivity contribution >= 4 is 0 Å². The van der Waals surface area contributed by atoms with E-state index in [0.717, 1.165) is 5.70 Å². The minimum Gasteiger partial charge on any atom is -0.146 e. The number of azo groups is 1. The van der Waals surface area contributed by atoms with Gasteiger partial charge >= 0.3 is 0 Å². The third kappa shape index (κ3) is 3.57. The molecular formula is C9H14N2. The predicted molar refractivity (Wildman–Crippen MR) is 46.9 cm³/mol. The number of hydrogen-bond donors (Lipinski definition) is 0. The molecule has 0 aliphatic heterocycles. The Labute approximate surface area is 68.4 Å². The maximum atomic E-state index is 4.94. The second-order valence-electron chi connectivity index (χ2n) is 3.25. The second kappa shape index (κ2) is 3.92.